The third-order valence-electron chi connectivity index (χ3n) is 3.74. The average molecular weight is 283 g/mol. The summed E-state index contributed by atoms with van der Waals surface area (Å²) in [6.45, 7) is 0.770. The lowest BCUT2D eigenvalue weighted by Crippen LogP contribution is -2.43. The van der Waals surface area contributed by atoms with E-state index >= 15 is 0 Å². The van der Waals surface area contributed by atoms with E-state index in [1.54, 1.807) is 23.1 Å². The number of halogens is 2. The first kappa shape index (κ1) is 14.7. The summed E-state index contributed by atoms with van der Waals surface area (Å²) in [4.78, 5) is 1.73. The second-order valence-electron chi connectivity index (χ2n) is 5.15. The van der Waals surface area contributed by atoms with Gasteiger partial charge in [0, 0.05) is 11.5 Å². The summed E-state index contributed by atoms with van der Waals surface area (Å²) in [7, 11) is 0. The summed E-state index contributed by atoms with van der Waals surface area (Å²) >= 11 is 0. The first-order valence-electron chi connectivity index (χ1n) is 6.66. The molecule has 20 heavy (non-hydrogen) atoms. The molecule has 3 N–H and O–H groups in total. The molecule has 1 fully saturated rings. The first-order chi connectivity index (χ1) is 9.53. The van der Waals surface area contributed by atoms with Gasteiger partial charge in [0.15, 0.2) is 0 Å². The minimum Gasteiger partial charge on any atom is -0.409 e. The fourth-order valence-electron chi connectivity index (χ4n) is 2.52. The number of nitrogens with two attached hydrogens (primary N) is 1. The lowest BCUT2D eigenvalue weighted by Gasteiger charge is -2.33. The molecule has 0 saturated carbocycles. The van der Waals surface area contributed by atoms with Crippen molar-refractivity contribution < 1.29 is 14.0 Å². The number of alkyl halides is 2. The van der Waals surface area contributed by atoms with Gasteiger partial charge in [-0.2, -0.15) is 8.78 Å². The van der Waals surface area contributed by atoms with Gasteiger partial charge < -0.3 is 10.9 Å². The number of hydrogen-bond acceptors (Lipinski definition) is 3. The van der Waals surface area contributed by atoms with Gasteiger partial charge in [-0.15, -0.1) is 0 Å². The molecule has 6 heteroatoms. The van der Waals surface area contributed by atoms with Crippen molar-refractivity contribution in [2.75, 3.05) is 19.6 Å². The zero-order valence-corrected chi connectivity index (χ0v) is 11.2. The van der Waals surface area contributed by atoms with Crippen LogP contribution in [0.2, 0.25) is 0 Å². The Labute approximate surface area is 116 Å². The van der Waals surface area contributed by atoms with E-state index in [0.29, 0.717) is 25.9 Å². The van der Waals surface area contributed by atoms with Gasteiger partial charge in [0.05, 0.1) is 6.54 Å². The van der Waals surface area contributed by atoms with E-state index in [2.05, 4.69) is 5.16 Å². The van der Waals surface area contributed by atoms with Crippen LogP contribution < -0.4 is 5.73 Å². The Hall–Kier alpha value is -1.69. The number of amidine groups is 1. The molecule has 1 aromatic rings. The van der Waals surface area contributed by atoms with Crippen molar-refractivity contribution in [1.29, 1.82) is 0 Å². The van der Waals surface area contributed by atoms with Gasteiger partial charge >= 0.3 is 0 Å². The van der Waals surface area contributed by atoms with Gasteiger partial charge in [0.25, 0.3) is 5.92 Å². The Bertz CT molecular complexity index is 457. The van der Waals surface area contributed by atoms with Gasteiger partial charge in [-0.3, -0.25) is 4.90 Å². The smallest absolute Gasteiger partial charge is 0.285 e. The van der Waals surface area contributed by atoms with E-state index in [0.717, 1.165) is 0 Å². The summed E-state index contributed by atoms with van der Waals surface area (Å²) in [5, 5.41) is 11.6. The molecule has 0 amide bonds. The third kappa shape index (κ3) is 3.45. The van der Waals surface area contributed by atoms with E-state index in [1.165, 1.54) is 12.1 Å². The number of oxime groups is 1. The number of likely N-dealkylation sites (tertiary alicyclic amines) is 1. The molecular formula is C14H19F2N3O. The molecule has 0 atom stereocenters. The fourth-order valence-corrected chi connectivity index (χ4v) is 2.52. The monoisotopic (exact) mass is 283 g/mol. The average Bonchev–Trinajstić information content (AvgIpc) is 2.48. The molecule has 0 radical (unpaired) electrons. The van der Waals surface area contributed by atoms with Crippen LogP contribution in [0.4, 0.5) is 8.78 Å². The van der Waals surface area contributed by atoms with Crippen LogP contribution in [0.3, 0.4) is 0 Å². The number of piperidine rings is 1. The zero-order valence-electron chi connectivity index (χ0n) is 11.2. The van der Waals surface area contributed by atoms with Crippen molar-refractivity contribution in [1.82, 2.24) is 4.90 Å². The van der Waals surface area contributed by atoms with Crippen LogP contribution in [0.25, 0.3) is 0 Å². The molecule has 4 nitrogen and oxygen atoms in total. The second kappa shape index (κ2) is 6.17. The van der Waals surface area contributed by atoms with Gasteiger partial charge in [-0.05, 0) is 25.9 Å². The van der Waals surface area contributed by atoms with E-state index in [-0.39, 0.29) is 23.9 Å². The summed E-state index contributed by atoms with van der Waals surface area (Å²) in [5.41, 5.74) is 5.59. The maximum atomic E-state index is 14.1. The Balaban J connectivity index is 1.92. The number of rotatable bonds is 4. The highest BCUT2D eigenvalue weighted by atomic mass is 19.3. The van der Waals surface area contributed by atoms with Crippen LogP contribution in [0.1, 0.15) is 18.4 Å². The third-order valence-corrected chi connectivity index (χ3v) is 3.74. The maximum Gasteiger partial charge on any atom is 0.285 e. The second-order valence-corrected chi connectivity index (χ2v) is 5.15. The lowest BCUT2D eigenvalue weighted by molar-refractivity contribution is -0.0430. The summed E-state index contributed by atoms with van der Waals surface area (Å²) < 4.78 is 28.3. The van der Waals surface area contributed by atoms with Crippen LogP contribution in [-0.2, 0) is 5.92 Å². The molecule has 110 valence electrons. The topological polar surface area (TPSA) is 61.9 Å². The molecule has 1 aliphatic heterocycles. The summed E-state index contributed by atoms with van der Waals surface area (Å²) in [5.74, 6) is -2.67. The Kier molecular flexibility index (Phi) is 4.54. The largest absolute Gasteiger partial charge is 0.409 e. The van der Waals surface area contributed by atoms with Crippen LogP contribution >= 0.6 is 0 Å². The van der Waals surface area contributed by atoms with Crippen LogP contribution in [0.15, 0.2) is 35.5 Å². The molecule has 0 aliphatic carbocycles. The van der Waals surface area contributed by atoms with Gasteiger partial charge in [-0.25, -0.2) is 0 Å². The summed E-state index contributed by atoms with van der Waals surface area (Å²) in [6, 6.07) is 7.86. The standard InChI is InChI=1S/C14H19F2N3O/c15-14(16,12-4-2-1-3-5-12)10-19-8-6-11(7-9-19)13(17)18-20/h1-5,11,20H,6-10H2,(H2,17,18). The van der Waals surface area contributed by atoms with Crippen molar-refractivity contribution in [3.63, 3.8) is 0 Å². The molecule has 0 spiro atoms. The summed E-state index contributed by atoms with van der Waals surface area (Å²) in [6.07, 6.45) is 1.28. The Morgan fingerprint density at radius 3 is 2.45 bits per heavy atom. The Morgan fingerprint density at radius 1 is 1.30 bits per heavy atom. The Morgan fingerprint density at radius 2 is 1.90 bits per heavy atom. The van der Waals surface area contributed by atoms with Crippen molar-refractivity contribution in [3.8, 4) is 0 Å². The molecule has 1 aliphatic rings. The van der Waals surface area contributed by atoms with Crippen molar-refractivity contribution in [2.45, 2.75) is 18.8 Å². The van der Waals surface area contributed by atoms with Crippen molar-refractivity contribution in [2.24, 2.45) is 16.8 Å². The zero-order chi connectivity index (χ0) is 14.6. The van der Waals surface area contributed by atoms with E-state index in [9.17, 15) is 8.78 Å². The molecular weight excluding hydrogens is 264 g/mol. The number of benzene rings is 1. The predicted molar refractivity (Wildman–Crippen MR) is 72.9 cm³/mol. The van der Waals surface area contributed by atoms with Crippen LogP contribution in [0.5, 0.6) is 0 Å². The molecule has 1 aromatic carbocycles. The fraction of sp³-hybridized carbons (Fsp3) is 0.500. The maximum absolute atomic E-state index is 14.1. The normalized spacial score (nSPS) is 19.2. The minimum absolute atomic E-state index is 0.0124. The van der Waals surface area contributed by atoms with Crippen LogP contribution in [0, 0.1) is 5.92 Å². The molecule has 1 saturated heterocycles. The lowest BCUT2D eigenvalue weighted by atomic mass is 9.95. The van der Waals surface area contributed by atoms with Crippen molar-refractivity contribution in [3.05, 3.63) is 35.9 Å². The SMILES string of the molecule is N/C(=N/O)C1CCN(CC(F)(F)c2ccccc2)CC1. The molecule has 1 heterocycles. The highest BCUT2D eigenvalue weighted by Gasteiger charge is 2.35. The van der Waals surface area contributed by atoms with Gasteiger partial charge in [-0.1, -0.05) is 35.5 Å². The highest BCUT2D eigenvalue weighted by molar-refractivity contribution is 5.82. The molecule has 0 bridgehead atoms. The van der Waals surface area contributed by atoms with E-state index < -0.39 is 5.92 Å². The minimum atomic E-state index is -2.86. The van der Waals surface area contributed by atoms with Crippen LogP contribution in [-0.4, -0.2) is 35.6 Å². The van der Waals surface area contributed by atoms with Gasteiger partial charge in [0.2, 0.25) is 0 Å². The van der Waals surface area contributed by atoms with Crippen molar-refractivity contribution >= 4 is 5.84 Å². The number of nitrogens with zero attached hydrogens (tertiary/aromatic N) is 2. The van der Waals surface area contributed by atoms with Gasteiger partial charge in [0.1, 0.15) is 5.84 Å². The molecule has 0 unspecified atom stereocenters. The quantitative estimate of drug-likeness (QED) is 0.385. The highest BCUT2D eigenvalue weighted by Crippen LogP contribution is 2.30. The predicted octanol–water partition coefficient (Wildman–Crippen LogP) is 2.24. The van der Waals surface area contributed by atoms with E-state index in [4.69, 9.17) is 10.9 Å². The molecule has 0 aromatic heterocycles. The molecule has 2 rings (SSSR count). The van der Waals surface area contributed by atoms with E-state index in [1.807, 2.05) is 0 Å². The first-order valence-corrected chi connectivity index (χ1v) is 6.66. The number of hydrogen-bond donors (Lipinski definition) is 2.